The van der Waals surface area contributed by atoms with Crippen LogP contribution < -0.4 is 16.0 Å². The lowest BCUT2D eigenvalue weighted by Gasteiger charge is -2.40. The number of ether oxygens (including phenoxy) is 1. The first-order chi connectivity index (χ1) is 25.7. The van der Waals surface area contributed by atoms with Crippen molar-refractivity contribution in [1.29, 1.82) is 0 Å². The van der Waals surface area contributed by atoms with Crippen LogP contribution in [0.25, 0.3) is 0 Å². The number of nitrogens with one attached hydrogen (secondary N) is 3. The number of aliphatic imine (C=N–C) groups is 1. The van der Waals surface area contributed by atoms with Gasteiger partial charge in [0, 0.05) is 23.6 Å². The number of aromatic nitrogens is 2. The number of carbonyl (C=O) groups excluding carboxylic acids is 2. The molecule has 5 unspecified atom stereocenters. The fourth-order valence-electron chi connectivity index (χ4n) is 6.79. The van der Waals surface area contributed by atoms with Gasteiger partial charge >= 0.3 is 6.87 Å². The SMILES string of the molecule is CN(C)P(=O)(Cl)OCC1OC(n2cnc3c2NC=NC3NC(=O)c2ccccc2)CC1NC(c1ccccc1)(c1ccccc1)c1ccc(C=O)cc1. The van der Waals surface area contributed by atoms with Gasteiger partial charge in [-0.2, -0.15) is 0 Å². The summed E-state index contributed by atoms with van der Waals surface area (Å²) in [4.78, 5) is 33.9. The fraction of sp³-hybridized carbons (Fsp3) is 0.231. The quantitative estimate of drug-likeness (QED) is 0.0678. The molecule has 5 atom stereocenters. The van der Waals surface area contributed by atoms with Crippen LogP contribution in [0.15, 0.2) is 127 Å². The van der Waals surface area contributed by atoms with Gasteiger partial charge in [-0.15, -0.1) is 0 Å². The number of carbonyl (C=O) groups is 2. The van der Waals surface area contributed by atoms with E-state index in [-0.39, 0.29) is 12.5 Å². The maximum atomic E-state index is 13.2. The Balaban J connectivity index is 1.27. The number of anilines is 1. The van der Waals surface area contributed by atoms with Gasteiger partial charge in [0.25, 0.3) is 5.91 Å². The summed E-state index contributed by atoms with van der Waals surface area (Å²) in [5, 5.41) is 10.1. The van der Waals surface area contributed by atoms with E-state index in [1.165, 1.54) is 11.0 Å². The topological polar surface area (TPSA) is 139 Å². The summed E-state index contributed by atoms with van der Waals surface area (Å²) in [6.45, 7) is -3.73. The number of benzene rings is 4. The Labute approximate surface area is 312 Å². The molecule has 0 aliphatic carbocycles. The summed E-state index contributed by atoms with van der Waals surface area (Å²) in [6.07, 6.45) is 2.50. The number of nitrogens with zero attached hydrogens (tertiary/aromatic N) is 4. The number of imidazole rings is 1. The van der Waals surface area contributed by atoms with Gasteiger partial charge in [-0.25, -0.2) is 14.6 Å². The molecule has 3 heterocycles. The molecule has 2 aliphatic heterocycles. The van der Waals surface area contributed by atoms with Crippen molar-refractivity contribution < 1.29 is 23.4 Å². The minimum atomic E-state index is -3.65. The van der Waals surface area contributed by atoms with Gasteiger partial charge in [-0.05, 0) is 54.2 Å². The predicted octanol–water partition coefficient (Wildman–Crippen LogP) is 6.74. The highest BCUT2D eigenvalue weighted by Crippen LogP contribution is 2.54. The molecule has 0 bridgehead atoms. The minimum absolute atomic E-state index is 0.0849. The molecule has 5 aromatic rings. The number of rotatable bonds is 13. The van der Waals surface area contributed by atoms with Crippen LogP contribution in [0.5, 0.6) is 0 Å². The number of hydrogen-bond acceptors (Lipinski definition) is 9. The van der Waals surface area contributed by atoms with Gasteiger partial charge in [0.05, 0.1) is 30.9 Å². The van der Waals surface area contributed by atoms with Gasteiger partial charge in [-0.3, -0.25) is 24.0 Å². The Hall–Kier alpha value is -4.94. The maximum absolute atomic E-state index is 13.2. The summed E-state index contributed by atoms with van der Waals surface area (Å²) in [5.41, 5.74) is 3.48. The largest absolute Gasteiger partial charge is 0.362 e. The number of hydrogen-bond donors (Lipinski definition) is 3. The van der Waals surface area contributed by atoms with E-state index in [2.05, 4.69) is 50.2 Å². The molecule has 1 saturated heterocycles. The van der Waals surface area contributed by atoms with Crippen LogP contribution in [0.1, 0.15) is 61.9 Å². The molecule has 12 nitrogen and oxygen atoms in total. The average Bonchev–Trinajstić information content (AvgIpc) is 3.81. The fourth-order valence-corrected chi connectivity index (χ4v) is 7.52. The van der Waals surface area contributed by atoms with E-state index < -0.39 is 37.0 Å². The molecular weight excluding hydrogens is 713 g/mol. The molecule has 0 spiro atoms. The number of halogens is 1. The van der Waals surface area contributed by atoms with Crippen molar-refractivity contribution in [2.45, 2.75) is 36.5 Å². The molecule has 1 amide bonds. The zero-order valence-corrected chi connectivity index (χ0v) is 30.7. The van der Waals surface area contributed by atoms with Crippen LogP contribution in [0.3, 0.4) is 0 Å². The molecule has 2 aliphatic rings. The molecule has 7 rings (SSSR count). The minimum Gasteiger partial charge on any atom is -0.351 e. The van der Waals surface area contributed by atoms with E-state index in [9.17, 15) is 14.2 Å². The predicted molar refractivity (Wildman–Crippen MR) is 204 cm³/mol. The second kappa shape index (κ2) is 15.6. The first-order valence-corrected chi connectivity index (χ1v) is 19.6. The molecule has 53 heavy (non-hydrogen) atoms. The molecule has 14 heteroatoms. The third-order valence-corrected chi connectivity index (χ3v) is 12.2. The Bertz CT molecular complexity index is 2080. The number of aldehydes is 1. The lowest BCUT2D eigenvalue weighted by Crippen LogP contribution is -2.53. The molecule has 1 fully saturated rings. The zero-order chi connectivity index (χ0) is 37.0. The summed E-state index contributed by atoms with van der Waals surface area (Å²) in [5.74, 6) is 0.335. The Morgan fingerprint density at radius 2 is 1.58 bits per heavy atom. The third kappa shape index (κ3) is 7.48. The van der Waals surface area contributed by atoms with E-state index in [0.717, 1.165) is 23.0 Å². The van der Waals surface area contributed by atoms with Crippen molar-refractivity contribution in [1.82, 2.24) is 24.9 Å². The van der Waals surface area contributed by atoms with E-state index in [0.29, 0.717) is 29.1 Å². The highest BCUT2D eigenvalue weighted by atomic mass is 35.7. The summed E-state index contributed by atoms with van der Waals surface area (Å²) >= 11 is 6.36. The Morgan fingerprint density at radius 3 is 2.19 bits per heavy atom. The van der Waals surface area contributed by atoms with Crippen LogP contribution in [-0.4, -0.2) is 65.6 Å². The van der Waals surface area contributed by atoms with Crippen LogP contribution in [0, 0.1) is 0 Å². The second-order valence-electron chi connectivity index (χ2n) is 13.0. The van der Waals surface area contributed by atoms with Crippen molar-refractivity contribution in [3.8, 4) is 0 Å². The van der Waals surface area contributed by atoms with Crippen molar-refractivity contribution in [3.05, 3.63) is 155 Å². The van der Waals surface area contributed by atoms with Crippen molar-refractivity contribution >= 4 is 42.5 Å². The number of fused-ring (bicyclic) bond motifs is 1. The third-order valence-electron chi connectivity index (χ3n) is 9.53. The van der Waals surface area contributed by atoms with Crippen molar-refractivity contribution in [2.75, 3.05) is 26.0 Å². The molecular formula is C39H39ClN7O5P. The smallest absolute Gasteiger partial charge is 0.351 e. The Morgan fingerprint density at radius 1 is 0.981 bits per heavy atom. The average molecular weight is 752 g/mol. The van der Waals surface area contributed by atoms with Crippen LogP contribution in [-0.2, 0) is 19.4 Å². The first kappa shape index (κ1) is 36.4. The Kier molecular flexibility index (Phi) is 10.7. The number of amides is 1. The highest BCUT2D eigenvalue weighted by Gasteiger charge is 2.46. The molecule has 4 aromatic carbocycles. The first-order valence-electron chi connectivity index (χ1n) is 17.1. The second-order valence-corrected chi connectivity index (χ2v) is 16.2. The summed E-state index contributed by atoms with van der Waals surface area (Å²) in [7, 11) is 3.19. The van der Waals surface area contributed by atoms with E-state index in [4.69, 9.17) is 20.5 Å². The van der Waals surface area contributed by atoms with Gasteiger partial charge in [0.2, 0.25) is 0 Å². The van der Waals surface area contributed by atoms with Crippen LogP contribution >= 0.6 is 18.1 Å². The van der Waals surface area contributed by atoms with Gasteiger partial charge < -0.3 is 19.9 Å². The standard InChI is InChI=1S/C39H39ClN7O5P/c1-46(2)53(40,50)51-24-33-32(22-34(52-33)47-26-43-35-36(41-25-42-37(35)47)44-38(49)28-12-6-3-7-13-28)45-39(29-14-8-4-9-15-29,30-16-10-5-11-17-30)31-20-18-27(23-48)19-21-31/h3-21,23,25-26,32-34,36,45H,22,24H2,1-2H3,(H,41,42)(H,44,49). The highest BCUT2D eigenvalue weighted by molar-refractivity contribution is 7.83. The molecule has 0 radical (unpaired) electrons. The van der Waals surface area contributed by atoms with Crippen molar-refractivity contribution in [3.63, 3.8) is 0 Å². The van der Waals surface area contributed by atoms with Crippen molar-refractivity contribution in [2.24, 2.45) is 4.99 Å². The van der Waals surface area contributed by atoms with E-state index in [1.807, 2.05) is 59.2 Å². The lowest BCUT2D eigenvalue weighted by atomic mass is 9.76. The molecule has 1 aromatic heterocycles. The van der Waals surface area contributed by atoms with Crippen LogP contribution in [0.2, 0.25) is 0 Å². The lowest BCUT2D eigenvalue weighted by molar-refractivity contribution is -0.0222. The normalized spacial score (nSPS) is 20.7. The van der Waals surface area contributed by atoms with Gasteiger partial charge in [0.15, 0.2) is 6.17 Å². The summed E-state index contributed by atoms with van der Waals surface area (Å²) < 4.78 is 29.1. The zero-order valence-electron chi connectivity index (χ0n) is 29.1. The van der Waals surface area contributed by atoms with Gasteiger partial charge in [-0.1, -0.05) is 103 Å². The summed E-state index contributed by atoms with van der Waals surface area (Å²) in [6, 6.07) is 36.1. The molecule has 272 valence electrons. The molecule has 0 saturated carbocycles. The monoisotopic (exact) mass is 751 g/mol. The van der Waals surface area contributed by atoms with E-state index in [1.54, 1.807) is 56.8 Å². The maximum Gasteiger partial charge on any atom is 0.362 e. The van der Waals surface area contributed by atoms with Crippen LogP contribution in [0.4, 0.5) is 5.82 Å². The van der Waals surface area contributed by atoms with E-state index >= 15 is 0 Å². The van der Waals surface area contributed by atoms with Gasteiger partial charge in [0.1, 0.15) is 24.0 Å². The molecule has 3 N–H and O–H groups in total.